The smallest absolute Gasteiger partial charge is 0.416 e. The number of alkyl halides is 3. The molecule has 0 radical (unpaired) electrons. The second-order valence-electron chi connectivity index (χ2n) is 5.76. The fourth-order valence-corrected chi connectivity index (χ4v) is 2.45. The molecule has 4 nitrogen and oxygen atoms in total. The van der Waals surface area contributed by atoms with Crippen LogP contribution in [-0.4, -0.2) is 42.2 Å². The van der Waals surface area contributed by atoms with Gasteiger partial charge in [0.05, 0.1) is 11.0 Å². The van der Waals surface area contributed by atoms with Crippen LogP contribution in [0.2, 0.25) is 0 Å². The first-order chi connectivity index (χ1) is 10.2. The number of hydrogen-bond acceptors (Lipinski definition) is 3. The third-order valence-electron chi connectivity index (χ3n) is 3.93. The topological polar surface area (TPSA) is 49.8 Å². The summed E-state index contributed by atoms with van der Waals surface area (Å²) in [4.78, 5) is 13.1. The minimum absolute atomic E-state index is 0.307. The summed E-state index contributed by atoms with van der Waals surface area (Å²) in [6.07, 6.45) is -3.77. The van der Waals surface area contributed by atoms with Crippen LogP contribution in [0, 0.1) is 5.41 Å². The van der Waals surface area contributed by atoms with Gasteiger partial charge < -0.3 is 9.84 Å². The van der Waals surface area contributed by atoms with Crippen molar-refractivity contribution in [3.8, 4) is 5.75 Å². The van der Waals surface area contributed by atoms with Crippen LogP contribution in [0.5, 0.6) is 5.75 Å². The molecule has 122 valence electrons. The van der Waals surface area contributed by atoms with E-state index < -0.39 is 23.1 Å². The molecule has 1 atom stereocenters. The Bertz CT molecular complexity index is 530. The first-order valence-electron chi connectivity index (χ1n) is 6.96. The van der Waals surface area contributed by atoms with Gasteiger partial charge in [-0.1, -0.05) is 0 Å². The molecule has 22 heavy (non-hydrogen) atoms. The summed E-state index contributed by atoms with van der Waals surface area (Å²) >= 11 is 0. The van der Waals surface area contributed by atoms with E-state index in [1.807, 2.05) is 4.90 Å². The molecule has 1 unspecified atom stereocenters. The van der Waals surface area contributed by atoms with E-state index in [9.17, 15) is 18.0 Å². The highest BCUT2D eigenvalue weighted by Crippen LogP contribution is 2.31. The van der Waals surface area contributed by atoms with Crippen molar-refractivity contribution < 1.29 is 27.8 Å². The van der Waals surface area contributed by atoms with Crippen LogP contribution in [-0.2, 0) is 11.0 Å². The molecular weight excluding hydrogens is 299 g/mol. The third-order valence-corrected chi connectivity index (χ3v) is 3.93. The Hall–Kier alpha value is -1.76. The zero-order chi connectivity index (χ0) is 16.4. The third kappa shape index (κ3) is 3.91. The Morgan fingerprint density at radius 3 is 2.50 bits per heavy atom. The molecule has 0 amide bonds. The average molecular weight is 317 g/mol. The lowest BCUT2D eigenvalue weighted by molar-refractivity contribution is -0.147. The molecule has 0 aliphatic carbocycles. The molecule has 1 aromatic rings. The zero-order valence-corrected chi connectivity index (χ0v) is 12.2. The molecule has 1 aromatic carbocycles. The van der Waals surface area contributed by atoms with Crippen LogP contribution in [0.3, 0.4) is 0 Å². The monoisotopic (exact) mass is 317 g/mol. The number of hydrogen-bond donors (Lipinski definition) is 1. The Morgan fingerprint density at radius 1 is 1.36 bits per heavy atom. The van der Waals surface area contributed by atoms with Gasteiger partial charge >= 0.3 is 12.1 Å². The normalized spacial score (nSPS) is 22.7. The average Bonchev–Trinajstić information content (AvgIpc) is 2.82. The van der Waals surface area contributed by atoms with E-state index in [1.54, 1.807) is 6.92 Å². The van der Waals surface area contributed by atoms with Gasteiger partial charge in [-0.3, -0.25) is 9.69 Å². The van der Waals surface area contributed by atoms with Gasteiger partial charge in [-0.05, 0) is 44.2 Å². The SMILES string of the molecule is CC1(C(=O)O)CCN(CCOc2ccc(C(F)(F)F)cc2)C1. The Kier molecular flexibility index (Phi) is 4.65. The maximum atomic E-state index is 12.4. The summed E-state index contributed by atoms with van der Waals surface area (Å²) in [6, 6.07) is 4.53. The molecular formula is C15H18F3NO3. The van der Waals surface area contributed by atoms with Crippen molar-refractivity contribution in [1.29, 1.82) is 0 Å². The highest BCUT2D eigenvalue weighted by atomic mass is 19.4. The number of carbonyl (C=O) groups is 1. The maximum absolute atomic E-state index is 12.4. The van der Waals surface area contributed by atoms with Crippen molar-refractivity contribution in [2.75, 3.05) is 26.2 Å². The van der Waals surface area contributed by atoms with E-state index in [2.05, 4.69) is 0 Å². The fraction of sp³-hybridized carbons (Fsp3) is 0.533. The molecule has 1 aliphatic rings. The van der Waals surface area contributed by atoms with Gasteiger partial charge in [-0.25, -0.2) is 0 Å². The van der Waals surface area contributed by atoms with Crippen LogP contribution in [0.4, 0.5) is 13.2 Å². The second-order valence-corrected chi connectivity index (χ2v) is 5.76. The van der Waals surface area contributed by atoms with Gasteiger partial charge in [0.25, 0.3) is 0 Å². The predicted molar refractivity (Wildman–Crippen MR) is 73.7 cm³/mol. The lowest BCUT2D eigenvalue weighted by atomic mass is 9.90. The minimum Gasteiger partial charge on any atom is -0.492 e. The van der Waals surface area contributed by atoms with E-state index in [-0.39, 0.29) is 0 Å². The molecule has 1 N–H and O–H groups in total. The molecule has 1 fully saturated rings. The van der Waals surface area contributed by atoms with Crippen molar-refractivity contribution in [2.45, 2.75) is 19.5 Å². The molecule has 0 spiro atoms. The van der Waals surface area contributed by atoms with E-state index in [4.69, 9.17) is 9.84 Å². The number of aliphatic carboxylic acids is 1. The van der Waals surface area contributed by atoms with Crippen LogP contribution < -0.4 is 4.74 Å². The van der Waals surface area contributed by atoms with Gasteiger partial charge in [-0.2, -0.15) is 13.2 Å². The van der Waals surface area contributed by atoms with Crippen molar-refractivity contribution in [3.63, 3.8) is 0 Å². The summed E-state index contributed by atoms with van der Waals surface area (Å²) in [6.45, 7) is 3.70. The molecule has 1 heterocycles. The van der Waals surface area contributed by atoms with Crippen LogP contribution >= 0.6 is 0 Å². The molecule has 0 saturated carbocycles. The van der Waals surface area contributed by atoms with Crippen LogP contribution in [0.25, 0.3) is 0 Å². The number of likely N-dealkylation sites (tertiary alicyclic amines) is 1. The summed E-state index contributed by atoms with van der Waals surface area (Å²) in [5.41, 5.74) is -1.44. The van der Waals surface area contributed by atoms with E-state index in [0.29, 0.717) is 38.4 Å². The molecule has 0 bridgehead atoms. The molecule has 0 aromatic heterocycles. The first kappa shape index (κ1) is 16.6. The fourth-order valence-electron chi connectivity index (χ4n) is 2.45. The Balaban J connectivity index is 1.79. The maximum Gasteiger partial charge on any atom is 0.416 e. The van der Waals surface area contributed by atoms with Gasteiger partial charge in [0.15, 0.2) is 0 Å². The lowest BCUT2D eigenvalue weighted by Crippen LogP contribution is -2.33. The second kappa shape index (κ2) is 6.16. The van der Waals surface area contributed by atoms with E-state index in [0.717, 1.165) is 12.1 Å². The van der Waals surface area contributed by atoms with Crippen molar-refractivity contribution >= 4 is 5.97 Å². The quantitative estimate of drug-likeness (QED) is 0.907. The number of carboxylic acid groups (broad SMARTS) is 1. The Morgan fingerprint density at radius 2 is 2.00 bits per heavy atom. The largest absolute Gasteiger partial charge is 0.492 e. The van der Waals surface area contributed by atoms with Crippen molar-refractivity contribution in [2.24, 2.45) is 5.41 Å². The van der Waals surface area contributed by atoms with Crippen LogP contribution in [0.1, 0.15) is 18.9 Å². The summed E-state index contributed by atoms with van der Waals surface area (Å²) < 4.78 is 42.7. The van der Waals surface area contributed by atoms with E-state index >= 15 is 0 Å². The predicted octanol–water partition coefficient (Wildman–Crippen LogP) is 2.88. The standard InChI is InChI=1S/C15H18F3NO3/c1-14(13(20)21)6-7-19(10-14)8-9-22-12-4-2-11(3-5-12)15(16,17)18/h2-5H,6-10H2,1H3,(H,20,21). The minimum atomic E-state index is -4.35. The number of rotatable bonds is 5. The number of nitrogens with zero attached hydrogens (tertiary/aromatic N) is 1. The summed E-state index contributed by atoms with van der Waals surface area (Å²) in [5, 5.41) is 9.14. The van der Waals surface area contributed by atoms with Crippen LogP contribution in [0.15, 0.2) is 24.3 Å². The summed E-state index contributed by atoms with van der Waals surface area (Å²) in [5.74, 6) is -0.438. The number of halogens is 3. The molecule has 1 aliphatic heterocycles. The number of benzene rings is 1. The van der Waals surface area contributed by atoms with Gasteiger partial charge in [-0.15, -0.1) is 0 Å². The van der Waals surface area contributed by atoms with Gasteiger partial charge in [0.2, 0.25) is 0 Å². The highest BCUT2D eigenvalue weighted by Gasteiger charge is 2.40. The zero-order valence-electron chi connectivity index (χ0n) is 12.2. The van der Waals surface area contributed by atoms with Gasteiger partial charge in [0.1, 0.15) is 12.4 Å². The van der Waals surface area contributed by atoms with E-state index in [1.165, 1.54) is 12.1 Å². The molecule has 2 rings (SSSR count). The highest BCUT2D eigenvalue weighted by molar-refractivity contribution is 5.74. The first-order valence-corrected chi connectivity index (χ1v) is 6.96. The number of ether oxygens (including phenoxy) is 1. The summed E-state index contributed by atoms with van der Waals surface area (Å²) in [7, 11) is 0. The van der Waals surface area contributed by atoms with Gasteiger partial charge in [0, 0.05) is 13.1 Å². The lowest BCUT2D eigenvalue weighted by Gasteiger charge is -2.20. The number of carboxylic acids is 1. The van der Waals surface area contributed by atoms with Crippen molar-refractivity contribution in [1.82, 2.24) is 4.90 Å². The molecule has 1 saturated heterocycles. The van der Waals surface area contributed by atoms with Crippen molar-refractivity contribution in [3.05, 3.63) is 29.8 Å². The molecule has 7 heteroatoms. The Labute approximate surface area is 126 Å².